The zero-order valence-corrected chi connectivity index (χ0v) is 19.1. The first-order valence-electron chi connectivity index (χ1n) is 11.2. The van der Waals surface area contributed by atoms with Crippen molar-refractivity contribution in [3.63, 3.8) is 0 Å². The summed E-state index contributed by atoms with van der Waals surface area (Å²) in [6.07, 6.45) is 5.93. The van der Waals surface area contributed by atoms with Gasteiger partial charge in [0.15, 0.2) is 0 Å². The van der Waals surface area contributed by atoms with E-state index in [0.717, 1.165) is 76.8 Å². The fourth-order valence-electron chi connectivity index (χ4n) is 4.36. The van der Waals surface area contributed by atoms with Gasteiger partial charge in [0, 0.05) is 40.8 Å². The number of hydrogen-bond donors (Lipinski definition) is 2. The molecule has 33 heavy (non-hydrogen) atoms. The molecule has 5 rings (SSSR count). The number of nitrogens with one attached hydrogen (secondary N) is 2. The lowest BCUT2D eigenvalue weighted by Gasteiger charge is -2.24. The highest BCUT2D eigenvalue weighted by Crippen LogP contribution is 2.30. The van der Waals surface area contributed by atoms with Crippen LogP contribution in [-0.4, -0.2) is 47.1 Å². The zero-order chi connectivity index (χ0) is 22.8. The van der Waals surface area contributed by atoms with Gasteiger partial charge in [0.2, 0.25) is 0 Å². The van der Waals surface area contributed by atoms with Gasteiger partial charge in [-0.25, -0.2) is 4.98 Å². The third kappa shape index (κ3) is 4.34. The van der Waals surface area contributed by atoms with E-state index in [9.17, 15) is 0 Å². The number of fused-ring (bicyclic) bond motifs is 1. The minimum atomic E-state index is 0.434. The van der Waals surface area contributed by atoms with E-state index in [4.69, 9.17) is 14.5 Å². The Labute approximate surface area is 193 Å². The molecular weight excluding hydrogens is 416 g/mol. The molecule has 0 bridgehead atoms. The van der Waals surface area contributed by atoms with Crippen molar-refractivity contribution in [2.24, 2.45) is 0 Å². The summed E-state index contributed by atoms with van der Waals surface area (Å²) in [6, 6.07) is 12.1. The van der Waals surface area contributed by atoms with E-state index in [1.165, 1.54) is 0 Å². The summed E-state index contributed by atoms with van der Waals surface area (Å²) >= 11 is 0. The van der Waals surface area contributed by atoms with Crippen molar-refractivity contribution in [3.8, 4) is 22.8 Å². The Bertz CT molecular complexity index is 1260. The molecular formula is C25H28N6O2. The molecule has 1 saturated heterocycles. The smallest absolute Gasteiger partial charge is 0.124 e. The lowest BCUT2D eigenvalue weighted by atomic mass is 10.1. The zero-order valence-electron chi connectivity index (χ0n) is 19.1. The third-order valence-corrected chi connectivity index (χ3v) is 6.16. The van der Waals surface area contributed by atoms with Crippen molar-refractivity contribution in [2.45, 2.75) is 25.8 Å². The highest BCUT2D eigenvalue weighted by Gasteiger charge is 2.20. The third-order valence-electron chi connectivity index (χ3n) is 6.16. The quantitative estimate of drug-likeness (QED) is 0.453. The maximum atomic E-state index is 5.37. The van der Waals surface area contributed by atoms with E-state index in [1.54, 1.807) is 14.2 Å². The van der Waals surface area contributed by atoms with Crippen LogP contribution in [0.1, 0.15) is 24.6 Å². The van der Waals surface area contributed by atoms with Crippen molar-refractivity contribution in [2.75, 3.05) is 32.6 Å². The number of nitrogens with zero attached hydrogens (tertiary/aromatic N) is 4. The molecule has 8 nitrogen and oxygen atoms in total. The van der Waals surface area contributed by atoms with Gasteiger partial charge >= 0.3 is 0 Å². The fraction of sp³-hybridized carbons (Fsp3) is 0.320. The van der Waals surface area contributed by atoms with Crippen LogP contribution in [0.25, 0.3) is 22.3 Å². The predicted molar refractivity (Wildman–Crippen MR) is 129 cm³/mol. The molecule has 1 aliphatic heterocycles. The number of aromatic nitrogens is 4. The second-order valence-electron chi connectivity index (χ2n) is 8.25. The summed E-state index contributed by atoms with van der Waals surface area (Å²) in [6.45, 7) is 4.18. The Morgan fingerprint density at radius 2 is 1.70 bits per heavy atom. The van der Waals surface area contributed by atoms with Gasteiger partial charge < -0.3 is 20.1 Å². The molecule has 0 unspecified atom stereocenters. The summed E-state index contributed by atoms with van der Waals surface area (Å²) in [5, 5.41) is 11.5. The Kier molecular flexibility index (Phi) is 5.83. The first-order chi connectivity index (χ1) is 16.1. The molecule has 2 aromatic heterocycles. The summed E-state index contributed by atoms with van der Waals surface area (Å²) in [5.41, 5.74) is 6.44. The lowest BCUT2D eigenvalue weighted by Crippen LogP contribution is -2.30. The van der Waals surface area contributed by atoms with Gasteiger partial charge in [-0.05, 0) is 51.1 Å². The summed E-state index contributed by atoms with van der Waals surface area (Å²) in [4.78, 5) is 9.56. The Morgan fingerprint density at radius 1 is 0.939 bits per heavy atom. The second-order valence-corrected chi connectivity index (χ2v) is 8.25. The van der Waals surface area contributed by atoms with E-state index in [1.807, 2.05) is 48.8 Å². The van der Waals surface area contributed by atoms with Crippen LogP contribution in [0.15, 0.2) is 48.8 Å². The van der Waals surface area contributed by atoms with Gasteiger partial charge in [0.1, 0.15) is 11.5 Å². The maximum absolute atomic E-state index is 5.37. The van der Waals surface area contributed by atoms with Crippen LogP contribution in [0.5, 0.6) is 11.5 Å². The van der Waals surface area contributed by atoms with E-state index >= 15 is 0 Å². The SMILES string of the molecule is COc1cc(Nc2ccc3ncc(-c4cnn(C5CCNCC5)c4C)nc3c2)cc(OC)c1. The number of hydrogen-bond acceptors (Lipinski definition) is 7. The van der Waals surface area contributed by atoms with Crippen LogP contribution in [-0.2, 0) is 0 Å². The van der Waals surface area contributed by atoms with Gasteiger partial charge in [-0.3, -0.25) is 9.67 Å². The molecule has 0 saturated carbocycles. The summed E-state index contributed by atoms with van der Waals surface area (Å²) in [5.74, 6) is 1.45. The molecule has 4 aromatic rings. The average molecular weight is 445 g/mol. The molecule has 2 aromatic carbocycles. The molecule has 2 N–H and O–H groups in total. The van der Waals surface area contributed by atoms with Crippen molar-refractivity contribution >= 4 is 22.4 Å². The van der Waals surface area contributed by atoms with Crippen LogP contribution in [0.4, 0.5) is 11.4 Å². The van der Waals surface area contributed by atoms with Crippen LogP contribution in [0.2, 0.25) is 0 Å². The minimum absolute atomic E-state index is 0.434. The molecule has 0 aliphatic carbocycles. The number of benzene rings is 2. The number of piperidine rings is 1. The molecule has 1 fully saturated rings. The van der Waals surface area contributed by atoms with Gasteiger partial charge in [0.05, 0.1) is 49.4 Å². The first kappa shape index (κ1) is 21.2. The van der Waals surface area contributed by atoms with Crippen molar-refractivity contribution < 1.29 is 9.47 Å². The Hall–Kier alpha value is -3.65. The molecule has 8 heteroatoms. The van der Waals surface area contributed by atoms with Crippen molar-refractivity contribution in [1.29, 1.82) is 0 Å². The van der Waals surface area contributed by atoms with Crippen LogP contribution in [0.3, 0.4) is 0 Å². The normalized spacial score (nSPS) is 14.4. The molecule has 170 valence electrons. The van der Waals surface area contributed by atoms with Gasteiger partial charge in [-0.1, -0.05) is 0 Å². The monoisotopic (exact) mass is 444 g/mol. The summed E-state index contributed by atoms with van der Waals surface area (Å²) in [7, 11) is 3.28. The average Bonchev–Trinajstić information content (AvgIpc) is 3.25. The van der Waals surface area contributed by atoms with Gasteiger partial charge in [-0.15, -0.1) is 0 Å². The first-order valence-corrected chi connectivity index (χ1v) is 11.2. The van der Waals surface area contributed by atoms with Gasteiger partial charge in [0.25, 0.3) is 0 Å². The molecule has 1 aliphatic rings. The largest absolute Gasteiger partial charge is 0.497 e. The summed E-state index contributed by atoms with van der Waals surface area (Å²) < 4.78 is 12.9. The standard InChI is InChI=1S/C25H28N6O2/c1-16-22(14-28-31(16)19-6-8-26-9-7-19)25-15-27-23-5-4-17(12-24(23)30-25)29-18-10-20(32-2)13-21(11-18)33-3/h4-5,10-15,19,26,29H,6-9H2,1-3H3. The van der Waals surface area contributed by atoms with Crippen LogP contribution in [0, 0.1) is 6.92 Å². The number of anilines is 2. The Morgan fingerprint density at radius 3 is 2.42 bits per heavy atom. The highest BCUT2D eigenvalue weighted by atomic mass is 16.5. The lowest BCUT2D eigenvalue weighted by molar-refractivity contribution is 0.338. The van der Waals surface area contributed by atoms with Crippen molar-refractivity contribution in [1.82, 2.24) is 25.1 Å². The molecule has 3 heterocycles. The number of ether oxygens (including phenoxy) is 2. The Balaban J connectivity index is 1.45. The van der Waals surface area contributed by atoms with E-state index in [2.05, 4.69) is 32.3 Å². The number of rotatable bonds is 6. The highest BCUT2D eigenvalue weighted by molar-refractivity contribution is 5.82. The molecule has 0 radical (unpaired) electrons. The maximum Gasteiger partial charge on any atom is 0.124 e. The predicted octanol–water partition coefficient (Wildman–Crippen LogP) is 4.49. The van der Waals surface area contributed by atoms with E-state index < -0.39 is 0 Å². The fourth-order valence-corrected chi connectivity index (χ4v) is 4.36. The molecule has 0 atom stereocenters. The van der Waals surface area contributed by atoms with Crippen LogP contribution < -0.4 is 20.1 Å². The number of methoxy groups -OCH3 is 2. The topological polar surface area (TPSA) is 86.1 Å². The van der Waals surface area contributed by atoms with Crippen LogP contribution >= 0.6 is 0 Å². The van der Waals surface area contributed by atoms with E-state index in [-0.39, 0.29) is 0 Å². The second kappa shape index (κ2) is 9.07. The molecule has 0 spiro atoms. The van der Waals surface area contributed by atoms with Gasteiger partial charge in [-0.2, -0.15) is 5.10 Å². The molecule has 0 amide bonds. The minimum Gasteiger partial charge on any atom is -0.497 e. The van der Waals surface area contributed by atoms with E-state index in [0.29, 0.717) is 6.04 Å². The van der Waals surface area contributed by atoms with Crippen molar-refractivity contribution in [3.05, 3.63) is 54.5 Å².